The van der Waals surface area contributed by atoms with Gasteiger partial charge in [-0.15, -0.1) is 0 Å². The molecule has 0 aliphatic carbocycles. The molecule has 5 nitrogen and oxygen atoms in total. The fraction of sp³-hybridized carbons (Fsp3) is 0.810. The number of unbranched alkanes of at least 4 members (excludes halogenated alkanes) is 13. The van der Waals surface area contributed by atoms with Gasteiger partial charge in [-0.3, -0.25) is 9.11 Å². The molecule has 0 saturated carbocycles. The molecule has 1 aliphatic heterocycles. The highest BCUT2D eigenvalue weighted by atomic mass is 32.3. The molecule has 0 spiro atoms. The first-order chi connectivity index (χ1) is 12.9. The minimum atomic E-state index is -4.67. The van der Waals surface area contributed by atoms with Crippen LogP contribution in [-0.4, -0.2) is 35.5 Å². The third-order valence-corrected chi connectivity index (χ3v) is 4.68. The number of rotatable bonds is 15. The summed E-state index contributed by atoms with van der Waals surface area (Å²) in [5.74, 6) is 0. The smallest absolute Gasteiger partial charge is 0.374 e. The van der Waals surface area contributed by atoms with Crippen LogP contribution >= 0.6 is 0 Å². The van der Waals surface area contributed by atoms with Gasteiger partial charge in [-0.05, 0) is 18.7 Å². The van der Waals surface area contributed by atoms with Crippen LogP contribution in [0.4, 0.5) is 0 Å². The molecule has 1 heterocycles. The van der Waals surface area contributed by atoms with E-state index >= 15 is 0 Å². The number of nitrogens with zero attached hydrogens (tertiary/aromatic N) is 1. The number of hydrogen-bond donors (Lipinski definition) is 2. The fourth-order valence-electron chi connectivity index (χ4n) is 3.18. The van der Waals surface area contributed by atoms with Crippen molar-refractivity contribution in [2.24, 2.45) is 0 Å². The van der Waals surface area contributed by atoms with Crippen molar-refractivity contribution in [1.82, 2.24) is 4.90 Å². The van der Waals surface area contributed by atoms with E-state index in [4.69, 9.17) is 17.5 Å². The molecule has 160 valence electrons. The zero-order valence-electron chi connectivity index (χ0n) is 17.2. The van der Waals surface area contributed by atoms with Crippen molar-refractivity contribution in [3.05, 3.63) is 24.4 Å². The van der Waals surface area contributed by atoms with Crippen LogP contribution in [-0.2, 0) is 10.4 Å². The summed E-state index contributed by atoms with van der Waals surface area (Å²) >= 11 is 0. The van der Waals surface area contributed by atoms with Crippen molar-refractivity contribution < 1.29 is 17.5 Å². The second kappa shape index (κ2) is 18.5. The summed E-state index contributed by atoms with van der Waals surface area (Å²) < 4.78 is 31.6. The lowest BCUT2D eigenvalue weighted by Gasteiger charge is -2.20. The molecule has 0 aromatic carbocycles. The van der Waals surface area contributed by atoms with Gasteiger partial charge in [0.1, 0.15) is 0 Å². The van der Waals surface area contributed by atoms with Crippen molar-refractivity contribution in [2.45, 2.75) is 96.8 Å². The Balaban J connectivity index is 0.00000119. The average molecular weight is 404 g/mol. The van der Waals surface area contributed by atoms with Gasteiger partial charge in [-0.1, -0.05) is 103 Å². The Hall–Kier alpha value is -0.850. The first-order valence-electron chi connectivity index (χ1n) is 10.7. The topological polar surface area (TPSA) is 77.8 Å². The molecule has 2 N–H and O–H groups in total. The summed E-state index contributed by atoms with van der Waals surface area (Å²) in [6.45, 7) is 4.63. The lowest BCUT2D eigenvalue weighted by Crippen LogP contribution is -2.19. The summed E-state index contributed by atoms with van der Waals surface area (Å²) in [7, 11) is -4.67. The monoisotopic (exact) mass is 403 g/mol. The lowest BCUT2D eigenvalue weighted by atomic mass is 10.0. The van der Waals surface area contributed by atoms with Crippen LogP contribution < -0.4 is 0 Å². The first-order valence-corrected chi connectivity index (χ1v) is 12.1. The first kappa shape index (κ1) is 26.1. The summed E-state index contributed by atoms with van der Waals surface area (Å²) in [5, 5.41) is 0. The van der Waals surface area contributed by atoms with Crippen molar-refractivity contribution in [1.29, 1.82) is 0 Å². The Morgan fingerprint density at radius 3 is 1.52 bits per heavy atom. The molecule has 0 aromatic heterocycles. The molecule has 0 aromatic rings. The molecular formula is C21H41NO4S. The van der Waals surface area contributed by atoms with Crippen LogP contribution in [0.5, 0.6) is 0 Å². The summed E-state index contributed by atoms with van der Waals surface area (Å²) in [6, 6.07) is 0. The van der Waals surface area contributed by atoms with Crippen LogP contribution in [0.25, 0.3) is 0 Å². The van der Waals surface area contributed by atoms with Gasteiger partial charge in [-0.2, -0.15) is 8.42 Å². The van der Waals surface area contributed by atoms with Crippen molar-refractivity contribution in [3.8, 4) is 0 Å². The van der Waals surface area contributed by atoms with E-state index in [1.807, 2.05) is 0 Å². The number of allylic oxidation sites excluding steroid dienone is 2. The van der Waals surface area contributed by atoms with Gasteiger partial charge in [0.25, 0.3) is 0 Å². The Kier molecular flexibility index (Phi) is 17.9. The third kappa shape index (κ3) is 25.2. The Morgan fingerprint density at radius 2 is 1.15 bits per heavy atom. The average Bonchev–Trinajstić information content (AvgIpc) is 2.61. The molecule has 0 fully saturated rings. The zero-order valence-corrected chi connectivity index (χ0v) is 18.0. The molecule has 0 atom stereocenters. The maximum absolute atomic E-state index is 8.74. The molecule has 0 bridgehead atoms. The molecule has 0 amide bonds. The van der Waals surface area contributed by atoms with E-state index in [-0.39, 0.29) is 0 Å². The second-order valence-corrected chi connectivity index (χ2v) is 8.20. The number of hydrogen-bond acceptors (Lipinski definition) is 3. The van der Waals surface area contributed by atoms with Crippen molar-refractivity contribution >= 4 is 10.4 Å². The standard InChI is InChI=1S/C21H39N.H2O4S/c1-2-3-4-5-6-7-8-9-10-11-12-13-14-16-19-22-20-17-15-18-21-22;1-5(2,3)4/h15,17-18,20H,2-14,16,19,21H2,1H3;(H2,1,2,3,4). The lowest BCUT2D eigenvalue weighted by molar-refractivity contribution is 0.381. The predicted molar refractivity (Wildman–Crippen MR) is 114 cm³/mol. The van der Waals surface area contributed by atoms with Crippen LogP contribution in [0.2, 0.25) is 0 Å². The van der Waals surface area contributed by atoms with Crippen molar-refractivity contribution in [3.63, 3.8) is 0 Å². The van der Waals surface area contributed by atoms with E-state index in [9.17, 15) is 0 Å². The Morgan fingerprint density at radius 1 is 0.741 bits per heavy atom. The molecule has 6 heteroatoms. The predicted octanol–water partition coefficient (Wildman–Crippen LogP) is 6.20. The van der Waals surface area contributed by atoms with Crippen molar-refractivity contribution in [2.75, 3.05) is 13.1 Å². The van der Waals surface area contributed by atoms with Gasteiger partial charge in [0, 0.05) is 13.1 Å². The molecule has 0 unspecified atom stereocenters. The molecular weight excluding hydrogens is 362 g/mol. The largest absolute Gasteiger partial charge is 0.394 e. The molecule has 1 aliphatic rings. The highest BCUT2D eigenvalue weighted by molar-refractivity contribution is 7.79. The minimum Gasteiger partial charge on any atom is -0.374 e. The van der Waals surface area contributed by atoms with Gasteiger partial charge in [-0.25, -0.2) is 0 Å². The Bertz CT molecular complexity index is 467. The van der Waals surface area contributed by atoms with E-state index < -0.39 is 10.4 Å². The second-order valence-electron chi connectivity index (χ2n) is 7.31. The van der Waals surface area contributed by atoms with Gasteiger partial charge in [0.05, 0.1) is 0 Å². The van der Waals surface area contributed by atoms with E-state index in [0.717, 1.165) is 6.54 Å². The summed E-state index contributed by atoms with van der Waals surface area (Å²) in [6.07, 6.45) is 28.9. The van der Waals surface area contributed by atoms with E-state index in [1.54, 1.807) is 0 Å². The maximum atomic E-state index is 8.74. The quantitative estimate of drug-likeness (QED) is 0.251. The summed E-state index contributed by atoms with van der Waals surface area (Å²) in [4.78, 5) is 2.42. The van der Waals surface area contributed by atoms with Gasteiger partial charge in [0.15, 0.2) is 0 Å². The van der Waals surface area contributed by atoms with E-state index in [2.05, 4.69) is 36.3 Å². The third-order valence-electron chi connectivity index (χ3n) is 4.68. The molecule has 0 saturated heterocycles. The molecule has 0 radical (unpaired) electrons. The highest BCUT2D eigenvalue weighted by Crippen LogP contribution is 2.13. The van der Waals surface area contributed by atoms with Crippen LogP contribution in [0.1, 0.15) is 96.8 Å². The fourth-order valence-corrected chi connectivity index (χ4v) is 3.18. The summed E-state index contributed by atoms with van der Waals surface area (Å²) in [5.41, 5.74) is 0. The zero-order chi connectivity index (χ0) is 20.2. The van der Waals surface area contributed by atoms with E-state index in [1.165, 1.54) is 96.4 Å². The highest BCUT2D eigenvalue weighted by Gasteiger charge is 1.99. The van der Waals surface area contributed by atoms with Gasteiger partial charge in [0.2, 0.25) is 0 Å². The Labute approximate surface area is 167 Å². The van der Waals surface area contributed by atoms with E-state index in [0.29, 0.717) is 0 Å². The van der Waals surface area contributed by atoms with Gasteiger partial charge >= 0.3 is 10.4 Å². The maximum Gasteiger partial charge on any atom is 0.394 e. The molecule has 27 heavy (non-hydrogen) atoms. The normalized spacial score (nSPS) is 13.5. The van der Waals surface area contributed by atoms with Crippen LogP contribution in [0.3, 0.4) is 0 Å². The minimum absolute atomic E-state index is 1.11. The van der Waals surface area contributed by atoms with Crippen LogP contribution in [0, 0.1) is 0 Å². The SMILES string of the molecule is CCCCCCCCCCCCCCCCN1C=CC=CC1.O=S(=O)(O)O. The van der Waals surface area contributed by atoms with Crippen LogP contribution in [0.15, 0.2) is 24.4 Å². The molecule has 1 rings (SSSR count). The van der Waals surface area contributed by atoms with Gasteiger partial charge < -0.3 is 4.90 Å².